The van der Waals surface area contributed by atoms with Crippen molar-refractivity contribution in [2.45, 2.75) is 19.3 Å². The summed E-state index contributed by atoms with van der Waals surface area (Å²) in [5, 5.41) is 29.0. The van der Waals surface area contributed by atoms with Gasteiger partial charge in [0.25, 0.3) is 0 Å². The number of carbonyl (C=O) groups is 3. The average Bonchev–Trinajstić information content (AvgIpc) is 2.53. The van der Waals surface area contributed by atoms with Crippen molar-refractivity contribution in [1.82, 2.24) is 0 Å². The molecule has 0 unspecified atom stereocenters. The molecule has 0 radical (unpaired) electrons. The normalized spacial score (nSPS) is 12.7. The van der Waals surface area contributed by atoms with E-state index in [1.165, 1.54) is 30.3 Å². The van der Waals surface area contributed by atoms with E-state index in [1.54, 1.807) is 0 Å². The summed E-state index contributed by atoms with van der Waals surface area (Å²) in [5.41, 5.74) is 0.327. The van der Waals surface area contributed by atoms with Crippen molar-refractivity contribution < 1.29 is 29.7 Å². The third kappa shape index (κ3) is 2.42. The molecule has 0 aromatic heterocycles. The monoisotopic (exact) mass is 326 g/mol. The van der Waals surface area contributed by atoms with E-state index < -0.39 is 17.5 Å². The fraction of sp³-hybridized carbons (Fsp3) is 0.167. The molecule has 0 amide bonds. The highest BCUT2D eigenvalue weighted by atomic mass is 16.4. The number of carboxylic acid groups (broad SMARTS) is 1. The highest BCUT2D eigenvalue weighted by molar-refractivity contribution is 6.30. The number of phenolic OH excluding ortho intramolecular Hbond substituents is 2. The number of ketones is 2. The van der Waals surface area contributed by atoms with Crippen molar-refractivity contribution in [3.8, 4) is 11.5 Å². The first kappa shape index (κ1) is 15.7. The summed E-state index contributed by atoms with van der Waals surface area (Å²) in [5.74, 6) is -2.65. The number of aliphatic carboxylic acids is 1. The molecule has 0 aliphatic heterocycles. The minimum atomic E-state index is -0.947. The molecule has 1 aliphatic carbocycles. The molecule has 2 aromatic carbocycles. The fourth-order valence-corrected chi connectivity index (χ4v) is 2.92. The van der Waals surface area contributed by atoms with Gasteiger partial charge in [-0.1, -0.05) is 18.2 Å². The van der Waals surface area contributed by atoms with Crippen LogP contribution in [0.25, 0.3) is 0 Å². The van der Waals surface area contributed by atoms with E-state index in [1.807, 2.05) is 0 Å². The number of aromatic hydroxyl groups is 2. The molecule has 24 heavy (non-hydrogen) atoms. The van der Waals surface area contributed by atoms with E-state index in [4.69, 9.17) is 5.11 Å². The lowest BCUT2D eigenvalue weighted by Gasteiger charge is -2.20. The van der Waals surface area contributed by atoms with E-state index in [9.17, 15) is 24.6 Å². The SMILES string of the molecule is O=C(O)CCCc1ccc2c(c1O)C(=O)c1c(O)cccc1C2=O. The van der Waals surface area contributed by atoms with Gasteiger partial charge in [-0.2, -0.15) is 0 Å². The topological polar surface area (TPSA) is 112 Å². The minimum absolute atomic E-state index is 0.0625. The largest absolute Gasteiger partial charge is 0.507 e. The van der Waals surface area contributed by atoms with Crippen LogP contribution in [0.5, 0.6) is 11.5 Å². The van der Waals surface area contributed by atoms with Crippen LogP contribution in [0.4, 0.5) is 0 Å². The Balaban J connectivity index is 2.06. The number of carboxylic acids is 1. The number of hydrogen-bond acceptors (Lipinski definition) is 5. The van der Waals surface area contributed by atoms with Crippen molar-refractivity contribution in [2.24, 2.45) is 0 Å². The Hall–Kier alpha value is -3.15. The smallest absolute Gasteiger partial charge is 0.303 e. The molecule has 3 rings (SSSR count). The molecule has 6 heteroatoms. The Morgan fingerprint density at radius 2 is 1.62 bits per heavy atom. The Bertz CT molecular complexity index is 881. The zero-order chi connectivity index (χ0) is 17.4. The van der Waals surface area contributed by atoms with E-state index >= 15 is 0 Å². The summed E-state index contributed by atoms with van der Waals surface area (Å²) in [4.78, 5) is 35.8. The second-order valence-corrected chi connectivity index (χ2v) is 5.60. The van der Waals surface area contributed by atoms with Crippen molar-refractivity contribution >= 4 is 17.5 Å². The molecule has 0 spiro atoms. The van der Waals surface area contributed by atoms with Crippen molar-refractivity contribution in [1.29, 1.82) is 0 Å². The van der Waals surface area contributed by atoms with Gasteiger partial charge in [0.15, 0.2) is 5.78 Å². The van der Waals surface area contributed by atoms with E-state index in [0.717, 1.165) is 0 Å². The summed E-state index contributed by atoms with van der Waals surface area (Å²) in [7, 11) is 0. The molecule has 2 aromatic rings. The number of carbonyl (C=O) groups excluding carboxylic acids is 2. The van der Waals surface area contributed by atoms with Gasteiger partial charge in [0.2, 0.25) is 5.78 Å². The predicted molar refractivity (Wildman–Crippen MR) is 83.7 cm³/mol. The van der Waals surface area contributed by atoms with Crippen LogP contribution in [0.2, 0.25) is 0 Å². The highest BCUT2D eigenvalue weighted by Crippen LogP contribution is 2.38. The lowest BCUT2D eigenvalue weighted by Crippen LogP contribution is -2.21. The zero-order valence-corrected chi connectivity index (χ0v) is 12.6. The number of fused-ring (bicyclic) bond motifs is 2. The van der Waals surface area contributed by atoms with Gasteiger partial charge in [-0.3, -0.25) is 14.4 Å². The summed E-state index contributed by atoms with van der Waals surface area (Å²) < 4.78 is 0. The number of aryl methyl sites for hydroxylation is 1. The van der Waals surface area contributed by atoms with Gasteiger partial charge < -0.3 is 15.3 Å². The average molecular weight is 326 g/mol. The van der Waals surface area contributed by atoms with Crippen molar-refractivity contribution in [2.75, 3.05) is 0 Å². The molecule has 3 N–H and O–H groups in total. The second kappa shape index (κ2) is 5.81. The summed E-state index contributed by atoms with van der Waals surface area (Å²) in [6, 6.07) is 7.22. The van der Waals surface area contributed by atoms with Gasteiger partial charge in [-0.25, -0.2) is 0 Å². The predicted octanol–water partition coefficient (Wildman–Crippen LogP) is 2.28. The van der Waals surface area contributed by atoms with Crippen LogP contribution in [0.15, 0.2) is 30.3 Å². The first-order valence-electron chi connectivity index (χ1n) is 7.40. The van der Waals surface area contributed by atoms with Crippen LogP contribution >= 0.6 is 0 Å². The van der Waals surface area contributed by atoms with Crippen LogP contribution in [0, 0.1) is 0 Å². The Kier molecular flexibility index (Phi) is 3.81. The van der Waals surface area contributed by atoms with Crippen LogP contribution in [0.3, 0.4) is 0 Å². The number of hydrogen-bond donors (Lipinski definition) is 3. The molecule has 6 nitrogen and oxygen atoms in total. The van der Waals surface area contributed by atoms with Crippen LogP contribution in [-0.2, 0) is 11.2 Å². The van der Waals surface area contributed by atoms with E-state index in [0.29, 0.717) is 12.0 Å². The van der Waals surface area contributed by atoms with Crippen molar-refractivity contribution in [3.05, 3.63) is 58.1 Å². The molecule has 1 aliphatic rings. The maximum absolute atomic E-state index is 12.7. The standard InChI is InChI=1S/C18H14O6/c19-12-5-2-4-10-14(12)18(24)15-11(17(10)23)8-7-9(16(15)22)3-1-6-13(20)21/h2,4-5,7-8,19,22H,1,3,6H2,(H,20,21). The maximum Gasteiger partial charge on any atom is 0.303 e. The quantitative estimate of drug-likeness (QED) is 0.678. The molecule has 0 saturated carbocycles. The number of benzene rings is 2. The highest BCUT2D eigenvalue weighted by Gasteiger charge is 2.34. The lowest BCUT2D eigenvalue weighted by molar-refractivity contribution is -0.137. The molecule has 0 bridgehead atoms. The third-order valence-corrected chi connectivity index (χ3v) is 4.08. The Morgan fingerprint density at radius 1 is 0.917 bits per heavy atom. The van der Waals surface area contributed by atoms with Crippen LogP contribution < -0.4 is 0 Å². The van der Waals surface area contributed by atoms with Gasteiger partial charge in [0, 0.05) is 17.5 Å². The lowest BCUT2D eigenvalue weighted by atomic mass is 9.82. The van der Waals surface area contributed by atoms with Gasteiger partial charge in [-0.05, 0) is 30.5 Å². The minimum Gasteiger partial charge on any atom is -0.507 e. The molecule has 0 saturated heterocycles. The van der Waals surface area contributed by atoms with Gasteiger partial charge in [0.1, 0.15) is 11.5 Å². The Labute approximate surface area is 137 Å². The summed E-state index contributed by atoms with van der Waals surface area (Å²) in [6.45, 7) is 0. The fourth-order valence-electron chi connectivity index (χ4n) is 2.92. The van der Waals surface area contributed by atoms with Gasteiger partial charge in [-0.15, -0.1) is 0 Å². The van der Waals surface area contributed by atoms with E-state index in [2.05, 4.69) is 0 Å². The first-order valence-corrected chi connectivity index (χ1v) is 7.40. The first-order chi connectivity index (χ1) is 11.4. The molecular formula is C18H14O6. The van der Waals surface area contributed by atoms with Gasteiger partial charge >= 0.3 is 5.97 Å². The number of rotatable bonds is 4. The molecule has 0 heterocycles. The van der Waals surface area contributed by atoms with E-state index in [-0.39, 0.29) is 46.6 Å². The number of phenols is 2. The molecule has 0 atom stereocenters. The third-order valence-electron chi connectivity index (χ3n) is 4.08. The van der Waals surface area contributed by atoms with Gasteiger partial charge in [0.05, 0.1) is 11.1 Å². The summed E-state index contributed by atoms with van der Waals surface area (Å²) >= 11 is 0. The van der Waals surface area contributed by atoms with Crippen LogP contribution in [-0.4, -0.2) is 32.9 Å². The maximum atomic E-state index is 12.7. The van der Waals surface area contributed by atoms with Crippen molar-refractivity contribution in [3.63, 3.8) is 0 Å². The zero-order valence-electron chi connectivity index (χ0n) is 12.6. The summed E-state index contributed by atoms with van der Waals surface area (Å²) in [6.07, 6.45) is 0.499. The van der Waals surface area contributed by atoms with Crippen LogP contribution in [0.1, 0.15) is 50.2 Å². The Morgan fingerprint density at radius 3 is 2.33 bits per heavy atom. The second-order valence-electron chi connectivity index (χ2n) is 5.60. The molecular weight excluding hydrogens is 312 g/mol. The molecule has 122 valence electrons. The molecule has 0 fully saturated rings.